The molecule has 0 saturated carbocycles. The summed E-state index contributed by atoms with van der Waals surface area (Å²) in [4.78, 5) is 0. The first-order chi connectivity index (χ1) is 16.2. The molecule has 1 aromatic carbocycles. The fourth-order valence-electron chi connectivity index (χ4n) is 3.06. The van der Waals surface area contributed by atoms with Crippen LogP contribution < -0.4 is 5.32 Å². The number of likely N-dealkylation sites (N-methyl/N-ethyl adjacent to an activating group) is 1. The normalized spacial score (nSPS) is 15.6. The maximum absolute atomic E-state index is 6.37. The molecule has 198 valence electrons. The van der Waals surface area contributed by atoms with Gasteiger partial charge in [0.05, 0.1) is 18.7 Å². The average Bonchev–Trinajstić information content (AvgIpc) is 2.82. The van der Waals surface area contributed by atoms with E-state index in [0.29, 0.717) is 6.61 Å². The van der Waals surface area contributed by atoms with Crippen molar-refractivity contribution in [1.82, 2.24) is 10.0 Å². The molecule has 0 fully saturated rings. The quantitative estimate of drug-likeness (QED) is 0.0981. The van der Waals surface area contributed by atoms with Gasteiger partial charge >= 0.3 is 0 Å². The lowest BCUT2D eigenvalue weighted by atomic mass is 10.0. The zero-order valence-electron chi connectivity index (χ0n) is 24.1. The molecule has 7 nitrogen and oxygen atoms in total. The van der Waals surface area contributed by atoms with Crippen LogP contribution in [-0.2, 0) is 11.0 Å². The molecular weight excluding hydrogens is 452 g/mol. The zero-order valence-corrected chi connectivity index (χ0v) is 25.1. The summed E-state index contributed by atoms with van der Waals surface area (Å²) in [5.74, 6) is 0. The van der Waals surface area contributed by atoms with Crippen LogP contribution in [0.25, 0.3) is 0 Å². The smallest absolute Gasteiger partial charge is 0.192 e. The third kappa shape index (κ3) is 10.1. The first-order valence-corrected chi connectivity index (χ1v) is 15.6. The molecule has 2 unspecified atom stereocenters. The van der Waals surface area contributed by atoms with E-state index in [1.807, 2.05) is 31.0 Å². The van der Waals surface area contributed by atoms with E-state index in [1.54, 1.807) is 0 Å². The Morgan fingerprint density at radius 3 is 2.29 bits per heavy atom. The van der Waals surface area contributed by atoms with Crippen molar-refractivity contribution < 1.29 is 4.43 Å². The van der Waals surface area contributed by atoms with Crippen molar-refractivity contribution in [3.8, 4) is 0 Å². The second kappa shape index (κ2) is 13.8. The minimum absolute atomic E-state index is 0.0262. The largest absolute Gasteiger partial charge is 0.413 e. The van der Waals surface area contributed by atoms with Gasteiger partial charge < -0.3 is 9.74 Å². The highest BCUT2D eigenvalue weighted by Crippen LogP contribution is 2.37. The van der Waals surface area contributed by atoms with Gasteiger partial charge in [-0.2, -0.15) is 10.2 Å². The van der Waals surface area contributed by atoms with Gasteiger partial charge in [-0.25, -0.2) is 0 Å². The molecule has 0 spiro atoms. The van der Waals surface area contributed by atoms with Crippen molar-refractivity contribution in [2.75, 3.05) is 26.0 Å². The number of rotatable bonds is 14. The third-order valence-electron chi connectivity index (χ3n) is 7.34. The summed E-state index contributed by atoms with van der Waals surface area (Å²) in [5.41, 5.74) is 3.63. The third-order valence-corrected chi connectivity index (χ3v) is 11.8. The average molecular weight is 503 g/mol. The highest BCUT2D eigenvalue weighted by Gasteiger charge is 2.37. The molecule has 0 radical (unpaired) electrons. The molecule has 1 aromatic rings. The van der Waals surface area contributed by atoms with Gasteiger partial charge in [0, 0.05) is 39.1 Å². The SMILES string of the molecule is C=NN(C)C(C)[C@H](C)N=NN(C)CCC(Nc1ccc(CO[Si](C)(C)C(C)(C)C)cc1)/C(C)=C/C. The summed E-state index contributed by atoms with van der Waals surface area (Å²) in [6.07, 6.45) is 3.09. The van der Waals surface area contributed by atoms with Gasteiger partial charge in [0.25, 0.3) is 0 Å². The van der Waals surface area contributed by atoms with Crippen molar-refractivity contribution in [2.45, 2.75) is 97.8 Å². The molecule has 35 heavy (non-hydrogen) atoms. The molecule has 0 bridgehead atoms. The van der Waals surface area contributed by atoms with Crippen LogP contribution in [0, 0.1) is 0 Å². The first-order valence-electron chi connectivity index (χ1n) is 12.7. The number of hydrogen-bond acceptors (Lipinski definition) is 6. The second-order valence-corrected chi connectivity index (χ2v) is 15.9. The van der Waals surface area contributed by atoms with Gasteiger partial charge in [0.1, 0.15) is 0 Å². The summed E-state index contributed by atoms with van der Waals surface area (Å²) in [6, 6.07) is 9.01. The van der Waals surface area contributed by atoms with Crippen molar-refractivity contribution in [3.05, 3.63) is 41.5 Å². The topological polar surface area (TPSA) is 64.8 Å². The van der Waals surface area contributed by atoms with Gasteiger partial charge in [-0.3, -0.25) is 10.0 Å². The molecule has 0 aromatic heterocycles. The predicted octanol–water partition coefficient (Wildman–Crippen LogP) is 6.97. The van der Waals surface area contributed by atoms with Gasteiger partial charge in [0.2, 0.25) is 0 Å². The summed E-state index contributed by atoms with van der Waals surface area (Å²) in [6.45, 7) is 24.8. The lowest BCUT2D eigenvalue weighted by Gasteiger charge is -2.36. The van der Waals surface area contributed by atoms with Crippen LogP contribution in [0.15, 0.2) is 51.4 Å². The summed E-state index contributed by atoms with van der Waals surface area (Å²) >= 11 is 0. The highest BCUT2D eigenvalue weighted by molar-refractivity contribution is 6.74. The Hall–Kier alpha value is -2.19. The van der Waals surface area contributed by atoms with Crippen LogP contribution in [0.1, 0.15) is 60.5 Å². The van der Waals surface area contributed by atoms with E-state index in [0.717, 1.165) is 18.7 Å². The van der Waals surface area contributed by atoms with Crippen LogP contribution in [0.4, 0.5) is 5.69 Å². The van der Waals surface area contributed by atoms with Crippen molar-refractivity contribution in [1.29, 1.82) is 0 Å². The predicted molar refractivity (Wildman–Crippen MR) is 154 cm³/mol. The Balaban J connectivity index is 2.71. The molecule has 0 saturated heterocycles. The van der Waals surface area contributed by atoms with Crippen molar-refractivity contribution in [2.24, 2.45) is 15.4 Å². The van der Waals surface area contributed by atoms with E-state index in [9.17, 15) is 0 Å². The Kier molecular flexibility index (Phi) is 12.1. The van der Waals surface area contributed by atoms with E-state index in [1.165, 1.54) is 11.1 Å². The number of nitrogens with zero attached hydrogens (tertiary/aromatic N) is 5. The monoisotopic (exact) mass is 502 g/mol. The number of hydrogen-bond donors (Lipinski definition) is 1. The lowest BCUT2D eigenvalue weighted by Crippen LogP contribution is -2.40. The first kappa shape index (κ1) is 30.8. The van der Waals surface area contributed by atoms with E-state index >= 15 is 0 Å². The Morgan fingerprint density at radius 2 is 1.77 bits per heavy atom. The Bertz CT molecular complexity index is 831. The van der Waals surface area contributed by atoms with E-state index in [-0.39, 0.29) is 23.2 Å². The molecule has 0 aliphatic rings. The molecule has 0 amide bonds. The molecular formula is C27H50N6OSi. The van der Waals surface area contributed by atoms with Gasteiger partial charge in [0.15, 0.2) is 8.32 Å². The molecule has 1 rings (SSSR count). The summed E-state index contributed by atoms with van der Waals surface area (Å²) < 4.78 is 6.37. The standard InChI is InChI=1S/C27H50N6OSi/c1-13-21(2)26(18-19-32(9)31-30-22(3)23(4)33(10)28-8)29-25-16-14-24(15-17-25)20-34-35(11,12)27(5,6)7/h13-17,22-23,26,29H,8,18-20H2,1-7,9-12H3/b21-13+,31-30?/t22-,23?,26?/m0/s1. The van der Waals surface area contributed by atoms with Crippen LogP contribution in [-0.4, -0.2) is 63.8 Å². The number of hydrazone groups is 1. The minimum atomic E-state index is -1.75. The van der Waals surface area contributed by atoms with Crippen LogP contribution in [0.3, 0.4) is 0 Å². The fourth-order valence-corrected chi connectivity index (χ4v) is 4.02. The zero-order chi connectivity index (χ0) is 26.8. The summed E-state index contributed by atoms with van der Waals surface area (Å²) in [7, 11) is 2.12. The summed E-state index contributed by atoms with van der Waals surface area (Å²) in [5, 5.41) is 20.4. The Labute approximate surface area is 215 Å². The number of anilines is 1. The van der Waals surface area contributed by atoms with E-state index in [4.69, 9.17) is 4.43 Å². The maximum atomic E-state index is 6.37. The van der Waals surface area contributed by atoms with E-state index < -0.39 is 8.32 Å². The van der Waals surface area contributed by atoms with Crippen LogP contribution in [0.2, 0.25) is 18.1 Å². The number of benzene rings is 1. The van der Waals surface area contributed by atoms with Crippen LogP contribution in [0.5, 0.6) is 0 Å². The highest BCUT2D eigenvalue weighted by atomic mass is 28.4. The minimum Gasteiger partial charge on any atom is -0.413 e. The van der Waals surface area contributed by atoms with E-state index in [2.05, 4.69) is 112 Å². The molecule has 0 aliphatic heterocycles. The fraction of sp³-hybridized carbons (Fsp3) is 0.667. The molecule has 1 N–H and O–H groups in total. The number of nitrogens with one attached hydrogen (secondary N) is 1. The van der Waals surface area contributed by atoms with Gasteiger partial charge in [-0.1, -0.05) is 49.8 Å². The molecule has 3 atom stereocenters. The lowest BCUT2D eigenvalue weighted by molar-refractivity contribution is 0.230. The Morgan fingerprint density at radius 1 is 1.17 bits per heavy atom. The van der Waals surface area contributed by atoms with Gasteiger partial charge in [-0.05, 0) is 69.9 Å². The molecule has 0 aliphatic carbocycles. The molecule has 0 heterocycles. The second-order valence-electron chi connectivity index (χ2n) is 11.0. The van der Waals surface area contributed by atoms with Crippen molar-refractivity contribution >= 4 is 20.7 Å². The van der Waals surface area contributed by atoms with Gasteiger partial charge in [-0.15, -0.1) is 0 Å². The maximum Gasteiger partial charge on any atom is 0.192 e. The molecule has 8 heteroatoms. The van der Waals surface area contributed by atoms with Crippen LogP contribution >= 0.6 is 0 Å². The number of allylic oxidation sites excluding steroid dienone is 1. The van der Waals surface area contributed by atoms with Crippen molar-refractivity contribution in [3.63, 3.8) is 0 Å².